The van der Waals surface area contributed by atoms with Crippen LogP contribution in [0.3, 0.4) is 0 Å². The second-order valence-corrected chi connectivity index (χ2v) is 2.23. The Hall–Kier alpha value is -0.890. The quantitative estimate of drug-likeness (QED) is 0.509. The molecular formula is C10H19NO. The molecule has 0 aromatic rings. The summed E-state index contributed by atoms with van der Waals surface area (Å²) in [7, 11) is 0. The van der Waals surface area contributed by atoms with Crippen molar-refractivity contribution in [3.8, 4) is 0 Å². The normalized spacial score (nSPS) is 9.75. The van der Waals surface area contributed by atoms with E-state index in [4.69, 9.17) is 5.11 Å². The fourth-order valence-electron chi connectivity index (χ4n) is 0.466. The minimum absolute atomic E-state index is 0.110. The molecule has 70 valence electrons. The monoisotopic (exact) mass is 169 g/mol. The summed E-state index contributed by atoms with van der Waals surface area (Å²) < 4.78 is 0. The lowest BCUT2D eigenvalue weighted by Gasteiger charge is -1.92. The van der Waals surface area contributed by atoms with Gasteiger partial charge in [-0.25, -0.2) is 0 Å². The first kappa shape index (κ1) is 13.7. The van der Waals surface area contributed by atoms with Gasteiger partial charge in [0.15, 0.2) is 0 Å². The summed E-state index contributed by atoms with van der Waals surface area (Å²) in [6.45, 7) is 11.2. The summed E-state index contributed by atoms with van der Waals surface area (Å²) in [5, 5.41) is 8.43. The summed E-state index contributed by atoms with van der Waals surface area (Å²) in [4.78, 5) is 3.65. The molecule has 0 aliphatic heterocycles. The first-order chi connectivity index (χ1) is 5.76. The minimum atomic E-state index is 0.110. The molecule has 2 heteroatoms. The van der Waals surface area contributed by atoms with E-state index >= 15 is 0 Å². The van der Waals surface area contributed by atoms with Gasteiger partial charge in [-0.2, -0.15) is 0 Å². The number of nitrogens with zero attached hydrogens (tertiary/aromatic N) is 1. The predicted molar refractivity (Wildman–Crippen MR) is 55.5 cm³/mol. The molecule has 0 radical (unpaired) electrons. The molecule has 0 spiro atoms. The number of rotatable bonds is 4. The molecule has 0 aliphatic carbocycles. The van der Waals surface area contributed by atoms with Crippen LogP contribution in [0.15, 0.2) is 29.4 Å². The highest BCUT2D eigenvalue weighted by Crippen LogP contribution is 1.99. The van der Waals surface area contributed by atoms with Crippen LogP contribution in [0, 0.1) is 0 Å². The standard InChI is InChI=1S/C7H11NO.C3H8/c1-3-4-7(8-2)5-6-9;1-3-2/h3-4,9H,1-2,5-6H2;3H2,1-2H3/b7-4-;. The molecule has 12 heavy (non-hydrogen) atoms. The van der Waals surface area contributed by atoms with Crippen molar-refractivity contribution in [2.24, 2.45) is 4.99 Å². The molecule has 0 fully saturated rings. The second-order valence-electron chi connectivity index (χ2n) is 2.23. The average molecular weight is 169 g/mol. The van der Waals surface area contributed by atoms with Crippen molar-refractivity contribution in [3.63, 3.8) is 0 Å². The molecule has 0 heterocycles. The summed E-state index contributed by atoms with van der Waals surface area (Å²) in [6.07, 6.45) is 5.15. The van der Waals surface area contributed by atoms with Crippen molar-refractivity contribution in [2.75, 3.05) is 6.61 Å². The lowest BCUT2D eigenvalue weighted by atomic mass is 10.3. The van der Waals surface area contributed by atoms with Crippen molar-refractivity contribution in [1.82, 2.24) is 0 Å². The van der Waals surface area contributed by atoms with Crippen LogP contribution in [0.25, 0.3) is 0 Å². The van der Waals surface area contributed by atoms with Gasteiger partial charge in [0.1, 0.15) is 0 Å². The Bertz CT molecular complexity index is 139. The van der Waals surface area contributed by atoms with E-state index < -0.39 is 0 Å². The van der Waals surface area contributed by atoms with E-state index in [1.54, 1.807) is 12.2 Å². The van der Waals surface area contributed by atoms with Crippen molar-refractivity contribution in [1.29, 1.82) is 0 Å². The topological polar surface area (TPSA) is 32.6 Å². The highest BCUT2D eigenvalue weighted by Gasteiger charge is 1.86. The van der Waals surface area contributed by atoms with Gasteiger partial charge in [0, 0.05) is 18.7 Å². The molecule has 0 atom stereocenters. The molecule has 0 saturated carbocycles. The van der Waals surface area contributed by atoms with Crippen molar-refractivity contribution in [3.05, 3.63) is 24.4 Å². The Morgan fingerprint density at radius 2 is 2.00 bits per heavy atom. The SMILES string of the molecule is C=C/C=C(/CCO)N=C.CCC. The van der Waals surface area contributed by atoms with Crippen molar-refractivity contribution >= 4 is 6.72 Å². The van der Waals surface area contributed by atoms with E-state index in [0.29, 0.717) is 6.42 Å². The van der Waals surface area contributed by atoms with Crippen LogP contribution in [0.4, 0.5) is 0 Å². The van der Waals surface area contributed by atoms with Crippen LogP contribution >= 0.6 is 0 Å². The fraction of sp³-hybridized carbons (Fsp3) is 0.500. The van der Waals surface area contributed by atoms with Crippen LogP contribution in [0.1, 0.15) is 26.7 Å². The van der Waals surface area contributed by atoms with Crippen LogP contribution in [0.5, 0.6) is 0 Å². The summed E-state index contributed by atoms with van der Waals surface area (Å²) in [6, 6.07) is 0. The molecule has 2 nitrogen and oxygen atoms in total. The van der Waals surface area contributed by atoms with Gasteiger partial charge in [-0.3, -0.25) is 4.99 Å². The van der Waals surface area contributed by atoms with Gasteiger partial charge in [0.2, 0.25) is 0 Å². The van der Waals surface area contributed by atoms with Gasteiger partial charge in [-0.05, 0) is 12.8 Å². The Morgan fingerprint density at radius 3 is 2.25 bits per heavy atom. The Morgan fingerprint density at radius 1 is 1.50 bits per heavy atom. The molecule has 0 saturated heterocycles. The zero-order chi connectivity index (χ0) is 9.82. The first-order valence-corrected chi connectivity index (χ1v) is 4.15. The summed E-state index contributed by atoms with van der Waals surface area (Å²) in [5.74, 6) is 0. The first-order valence-electron chi connectivity index (χ1n) is 4.15. The van der Waals surface area contributed by atoms with E-state index in [1.807, 2.05) is 0 Å². The van der Waals surface area contributed by atoms with Crippen molar-refractivity contribution in [2.45, 2.75) is 26.7 Å². The third-order valence-corrected chi connectivity index (χ3v) is 0.881. The van der Waals surface area contributed by atoms with Gasteiger partial charge in [-0.1, -0.05) is 32.9 Å². The maximum Gasteiger partial charge on any atom is 0.0486 e. The predicted octanol–water partition coefficient (Wildman–Crippen LogP) is 2.56. The number of aliphatic imine (C=N–C) groups is 1. The fourth-order valence-corrected chi connectivity index (χ4v) is 0.466. The number of hydrogen-bond acceptors (Lipinski definition) is 2. The molecule has 0 unspecified atom stereocenters. The second kappa shape index (κ2) is 12.8. The van der Waals surface area contributed by atoms with E-state index in [-0.39, 0.29) is 6.61 Å². The molecule has 0 rings (SSSR count). The highest BCUT2D eigenvalue weighted by molar-refractivity contribution is 5.29. The Balaban J connectivity index is 0. The van der Waals surface area contributed by atoms with Crippen LogP contribution in [-0.2, 0) is 0 Å². The molecule has 1 N–H and O–H groups in total. The van der Waals surface area contributed by atoms with Gasteiger partial charge >= 0.3 is 0 Å². The lowest BCUT2D eigenvalue weighted by Crippen LogP contribution is -1.83. The zero-order valence-electron chi connectivity index (χ0n) is 8.08. The van der Waals surface area contributed by atoms with Gasteiger partial charge < -0.3 is 5.11 Å². The number of aliphatic hydroxyl groups excluding tert-OH is 1. The van der Waals surface area contributed by atoms with Gasteiger partial charge in [0.25, 0.3) is 0 Å². The summed E-state index contributed by atoms with van der Waals surface area (Å²) >= 11 is 0. The van der Waals surface area contributed by atoms with Crippen molar-refractivity contribution < 1.29 is 5.11 Å². The van der Waals surface area contributed by atoms with E-state index in [2.05, 4.69) is 32.1 Å². The summed E-state index contributed by atoms with van der Waals surface area (Å²) in [5.41, 5.74) is 0.771. The average Bonchev–Trinajstić information content (AvgIpc) is 2.05. The van der Waals surface area contributed by atoms with Gasteiger partial charge in [-0.15, -0.1) is 0 Å². The Kier molecular flexibility index (Phi) is 14.5. The number of aliphatic hydroxyl groups is 1. The van der Waals surface area contributed by atoms with E-state index in [0.717, 1.165) is 5.70 Å². The van der Waals surface area contributed by atoms with Crippen LogP contribution < -0.4 is 0 Å². The largest absolute Gasteiger partial charge is 0.396 e. The number of hydrogen-bond donors (Lipinski definition) is 1. The molecule has 0 aliphatic rings. The molecule has 0 aromatic carbocycles. The smallest absolute Gasteiger partial charge is 0.0486 e. The third-order valence-electron chi connectivity index (χ3n) is 0.881. The zero-order valence-corrected chi connectivity index (χ0v) is 8.08. The molecule has 0 bridgehead atoms. The number of allylic oxidation sites excluding steroid dienone is 2. The van der Waals surface area contributed by atoms with Crippen LogP contribution in [-0.4, -0.2) is 18.4 Å². The third kappa shape index (κ3) is 11.9. The van der Waals surface area contributed by atoms with E-state index in [9.17, 15) is 0 Å². The molecule has 0 aromatic heterocycles. The van der Waals surface area contributed by atoms with Crippen LogP contribution in [0.2, 0.25) is 0 Å². The lowest BCUT2D eigenvalue weighted by molar-refractivity contribution is 0.299. The van der Waals surface area contributed by atoms with Gasteiger partial charge in [0.05, 0.1) is 0 Å². The molecule has 0 amide bonds. The minimum Gasteiger partial charge on any atom is -0.396 e. The molecular weight excluding hydrogens is 150 g/mol. The maximum absolute atomic E-state index is 8.43. The Labute approximate surface area is 75.3 Å². The highest BCUT2D eigenvalue weighted by atomic mass is 16.3. The maximum atomic E-state index is 8.43. The van der Waals surface area contributed by atoms with E-state index in [1.165, 1.54) is 6.42 Å².